The quantitative estimate of drug-likeness (QED) is 0.398. The largest absolute Gasteiger partial charge is 0.508 e. The van der Waals surface area contributed by atoms with Gasteiger partial charge in [0.2, 0.25) is 0 Å². The van der Waals surface area contributed by atoms with E-state index in [1.54, 1.807) is 12.1 Å². The Morgan fingerprint density at radius 3 is 1.45 bits per heavy atom. The predicted molar refractivity (Wildman–Crippen MR) is 139 cm³/mol. The summed E-state index contributed by atoms with van der Waals surface area (Å²) in [6.45, 7) is 14.7. The lowest BCUT2D eigenvalue weighted by molar-refractivity contribution is 0.475. The average Bonchev–Trinajstić information content (AvgIpc) is 2.77. The number of aryl methyl sites for hydroxylation is 1. The molecule has 3 N–H and O–H groups in total. The van der Waals surface area contributed by atoms with Gasteiger partial charge >= 0.3 is 0 Å². The fraction of sp³-hybridized carbons (Fsp3) is 0.357. The van der Waals surface area contributed by atoms with Crippen LogP contribution in [0.2, 0.25) is 5.02 Å². The molecule has 0 aliphatic heterocycles. The van der Waals surface area contributed by atoms with Crippen LogP contribution in [0, 0.1) is 0 Å². The summed E-state index contributed by atoms with van der Waals surface area (Å²) in [7, 11) is 0. The maximum Gasteiger partial charge on any atom is 0.115 e. The van der Waals surface area contributed by atoms with E-state index in [0.29, 0.717) is 17.6 Å². The second kappa shape index (κ2) is 16.3. The van der Waals surface area contributed by atoms with Gasteiger partial charge in [-0.3, -0.25) is 0 Å². The summed E-state index contributed by atoms with van der Waals surface area (Å²) in [6, 6.07) is 23.3. The molecule has 3 heteroatoms. The van der Waals surface area contributed by atoms with Crippen LogP contribution in [0.3, 0.4) is 0 Å². The molecule has 0 aliphatic rings. The monoisotopic (exact) mass is 441 g/mol. The zero-order valence-electron chi connectivity index (χ0n) is 20.2. The Bertz CT molecular complexity index is 758. The molecule has 3 rings (SSSR count). The summed E-state index contributed by atoms with van der Waals surface area (Å²) in [5.41, 5.74) is 10.3. The highest BCUT2D eigenvalue weighted by molar-refractivity contribution is 6.30. The van der Waals surface area contributed by atoms with Crippen molar-refractivity contribution in [2.24, 2.45) is 0 Å². The Morgan fingerprint density at radius 1 is 0.710 bits per heavy atom. The summed E-state index contributed by atoms with van der Waals surface area (Å²) in [4.78, 5) is 0. The second-order valence-electron chi connectivity index (χ2n) is 7.55. The van der Waals surface area contributed by atoms with Crippen LogP contribution in [0.1, 0.15) is 77.0 Å². The third-order valence-corrected chi connectivity index (χ3v) is 4.74. The first-order valence-electron chi connectivity index (χ1n) is 11.1. The van der Waals surface area contributed by atoms with Gasteiger partial charge in [0.1, 0.15) is 5.75 Å². The predicted octanol–water partition coefficient (Wildman–Crippen LogP) is 8.84. The molecule has 0 unspecified atom stereocenters. The molecule has 0 bridgehead atoms. The Kier molecular flexibility index (Phi) is 15.0. The molecular weight excluding hydrogens is 402 g/mol. The van der Waals surface area contributed by atoms with Crippen LogP contribution < -0.4 is 5.73 Å². The van der Waals surface area contributed by atoms with Gasteiger partial charge in [0.25, 0.3) is 0 Å². The molecule has 0 radical (unpaired) electrons. The number of nitrogen functional groups attached to an aromatic ring is 1. The number of anilines is 1. The van der Waals surface area contributed by atoms with Gasteiger partial charge in [-0.05, 0) is 71.3 Å². The van der Waals surface area contributed by atoms with Gasteiger partial charge in [0.05, 0.1) is 0 Å². The van der Waals surface area contributed by atoms with Crippen LogP contribution in [0.5, 0.6) is 5.75 Å². The number of benzene rings is 3. The number of hydrogen-bond acceptors (Lipinski definition) is 2. The van der Waals surface area contributed by atoms with Crippen molar-refractivity contribution in [1.29, 1.82) is 0 Å². The van der Waals surface area contributed by atoms with E-state index in [1.165, 1.54) is 16.7 Å². The molecule has 31 heavy (non-hydrogen) atoms. The van der Waals surface area contributed by atoms with Crippen molar-refractivity contribution in [3.63, 3.8) is 0 Å². The van der Waals surface area contributed by atoms with E-state index in [4.69, 9.17) is 22.4 Å². The van der Waals surface area contributed by atoms with Crippen LogP contribution in [0.4, 0.5) is 5.69 Å². The van der Waals surface area contributed by atoms with Crippen molar-refractivity contribution in [2.45, 2.75) is 66.7 Å². The lowest BCUT2D eigenvalue weighted by Crippen LogP contribution is -1.88. The highest BCUT2D eigenvalue weighted by atomic mass is 35.5. The minimum atomic E-state index is 0.337. The highest BCUT2D eigenvalue weighted by Gasteiger charge is 1.96. The molecule has 3 aromatic carbocycles. The van der Waals surface area contributed by atoms with Gasteiger partial charge in [-0.1, -0.05) is 96.5 Å². The van der Waals surface area contributed by atoms with Gasteiger partial charge in [0.15, 0.2) is 0 Å². The minimum Gasteiger partial charge on any atom is -0.508 e. The number of rotatable bonds is 3. The normalized spacial score (nSPS) is 9.61. The van der Waals surface area contributed by atoms with E-state index >= 15 is 0 Å². The molecular formula is C28H40ClNO. The van der Waals surface area contributed by atoms with Gasteiger partial charge in [-0.25, -0.2) is 0 Å². The zero-order valence-corrected chi connectivity index (χ0v) is 20.9. The number of phenols is 1. The molecule has 2 nitrogen and oxygen atoms in total. The first-order chi connectivity index (χ1) is 14.7. The third-order valence-electron chi connectivity index (χ3n) is 4.48. The van der Waals surface area contributed by atoms with Crippen LogP contribution in [0.25, 0.3) is 0 Å². The van der Waals surface area contributed by atoms with Crippen LogP contribution >= 0.6 is 11.6 Å². The van der Waals surface area contributed by atoms with E-state index in [0.717, 1.165) is 17.1 Å². The molecule has 0 fully saturated rings. The van der Waals surface area contributed by atoms with Crippen LogP contribution in [-0.4, -0.2) is 5.11 Å². The first kappa shape index (κ1) is 28.5. The Balaban J connectivity index is 0.000000419. The van der Waals surface area contributed by atoms with Gasteiger partial charge in [-0.15, -0.1) is 0 Å². The SMILES string of the molecule is CC.CC(C)c1ccc(N)cc1.CC(C)c1ccc(O)cc1.CCc1ccc(Cl)cc1. The van der Waals surface area contributed by atoms with Crippen molar-refractivity contribution in [2.75, 3.05) is 5.73 Å². The maximum atomic E-state index is 8.94. The Labute approximate surface area is 195 Å². The Hall–Kier alpha value is -2.45. The fourth-order valence-electron chi connectivity index (χ4n) is 2.46. The van der Waals surface area contributed by atoms with Gasteiger partial charge < -0.3 is 10.8 Å². The first-order valence-corrected chi connectivity index (χ1v) is 11.5. The van der Waals surface area contributed by atoms with E-state index in [9.17, 15) is 0 Å². The Morgan fingerprint density at radius 2 is 1.10 bits per heavy atom. The number of halogens is 1. The highest BCUT2D eigenvalue weighted by Crippen LogP contribution is 2.17. The summed E-state index contributed by atoms with van der Waals surface area (Å²) in [5, 5.41) is 9.75. The lowest BCUT2D eigenvalue weighted by atomic mass is 10.0. The number of phenolic OH excluding ortho intramolecular Hbond substituents is 1. The molecule has 3 aromatic rings. The molecule has 0 saturated heterocycles. The standard InChI is InChI=1S/C9H13N.C9H12O.C8H9Cl.C2H6/c2*1-7(2)8-3-5-9(10)6-4-8;1-2-7-3-5-8(9)6-4-7;1-2/h3-7H,10H2,1-2H3;3-7,10H,1-2H3;3-6H,2H2,1H3;1-2H3. The van der Waals surface area contributed by atoms with E-state index in [1.807, 2.05) is 62.4 Å². The van der Waals surface area contributed by atoms with Gasteiger partial charge in [-0.2, -0.15) is 0 Å². The third kappa shape index (κ3) is 12.8. The van der Waals surface area contributed by atoms with E-state index in [2.05, 4.69) is 46.8 Å². The lowest BCUT2D eigenvalue weighted by Gasteiger charge is -2.03. The molecule has 0 amide bonds. The molecule has 0 heterocycles. The second-order valence-corrected chi connectivity index (χ2v) is 7.98. The molecule has 0 spiro atoms. The van der Waals surface area contributed by atoms with Crippen molar-refractivity contribution in [3.8, 4) is 5.75 Å². The van der Waals surface area contributed by atoms with Crippen LogP contribution in [0.15, 0.2) is 72.8 Å². The molecule has 0 saturated carbocycles. The summed E-state index contributed by atoms with van der Waals surface area (Å²) < 4.78 is 0. The summed E-state index contributed by atoms with van der Waals surface area (Å²) in [6.07, 6.45) is 1.08. The van der Waals surface area contributed by atoms with E-state index < -0.39 is 0 Å². The maximum absolute atomic E-state index is 8.94. The number of hydrogen-bond donors (Lipinski definition) is 2. The number of nitrogens with two attached hydrogens (primary N) is 1. The fourth-order valence-corrected chi connectivity index (χ4v) is 2.59. The van der Waals surface area contributed by atoms with E-state index in [-0.39, 0.29) is 0 Å². The van der Waals surface area contributed by atoms with Crippen molar-refractivity contribution < 1.29 is 5.11 Å². The van der Waals surface area contributed by atoms with Crippen molar-refractivity contribution in [1.82, 2.24) is 0 Å². The molecule has 0 atom stereocenters. The average molecular weight is 442 g/mol. The minimum absolute atomic E-state index is 0.337. The van der Waals surface area contributed by atoms with Crippen molar-refractivity contribution in [3.05, 3.63) is 94.5 Å². The smallest absolute Gasteiger partial charge is 0.115 e. The molecule has 0 aromatic heterocycles. The summed E-state index contributed by atoms with van der Waals surface area (Å²) >= 11 is 5.67. The topological polar surface area (TPSA) is 46.2 Å². The van der Waals surface area contributed by atoms with Crippen LogP contribution in [-0.2, 0) is 6.42 Å². The molecule has 170 valence electrons. The summed E-state index contributed by atoms with van der Waals surface area (Å²) in [5.74, 6) is 1.48. The zero-order chi connectivity index (χ0) is 23.8. The van der Waals surface area contributed by atoms with Crippen molar-refractivity contribution >= 4 is 17.3 Å². The number of aromatic hydroxyl groups is 1. The molecule has 0 aliphatic carbocycles. The van der Waals surface area contributed by atoms with Gasteiger partial charge in [0, 0.05) is 10.7 Å².